The third-order valence-corrected chi connectivity index (χ3v) is 5.58. The first kappa shape index (κ1) is 18.8. The number of nitrogens with two attached hydrogens (primary N) is 1. The predicted molar refractivity (Wildman–Crippen MR) is 91.9 cm³/mol. The molecule has 0 radical (unpaired) electrons. The average molecular weight is 385 g/mol. The molecule has 11 heteroatoms. The van der Waals surface area contributed by atoms with Gasteiger partial charge in [0.15, 0.2) is 0 Å². The van der Waals surface area contributed by atoms with Crippen molar-refractivity contribution >= 4 is 31.4 Å². The van der Waals surface area contributed by atoms with E-state index in [9.17, 15) is 26.9 Å². The molecule has 0 heterocycles. The van der Waals surface area contributed by atoms with Gasteiger partial charge in [0.25, 0.3) is 15.7 Å². The Hall–Kier alpha value is -2.50. The minimum absolute atomic E-state index is 0.0193. The lowest BCUT2D eigenvalue weighted by molar-refractivity contribution is -0.385. The standard InChI is InChI=1S/C14H15N3O6S2/c1-10-13(17(18)19)3-2-4-14(10)25(22,23)16-12-7-5-11(6-8-12)9-24(15,20)21/h2-8,16H,9H2,1H3,(H2,15,20,21). The van der Waals surface area contributed by atoms with Gasteiger partial charge in [-0.1, -0.05) is 18.2 Å². The van der Waals surface area contributed by atoms with Crippen molar-refractivity contribution in [3.63, 3.8) is 0 Å². The third-order valence-electron chi connectivity index (χ3n) is 3.32. The van der Waals surface area contributed by atoms with E-state index >= 15 is 0 Å². The second-order valence-electron chi connectivity index (χ2n) is 5.27. The lowest BCUT2D eigenvalue weighted by Crippen LogP contribution is -2.16. The fourth-order valence-electron chi connectivity index (χ4n) is 2.20. The van der Waals surface area contributed by atoms with Crippen molar-refractivity contribution in [2.24, 2.45) is 5.14 Å². The Balaban J connectivity index is 2.31. The first-order chi connectivity index (χ1) is 11.5. The fraction of sp³-hybridized carbons (Fsp3) is 0.143. The van der Waals surface area contributed by atoms with Crippen molar-refractivity contribution in [1.29, 1.82) is 0 Å². The molecule has 0 saturated carbocycles. The highest BCUT2D eigenvalue weighted by Crippen LogP contribution is 2.26. The molecule has 0 fully saturated rings. The smallest absolute Gasteiger partial charge is 0.273 e. The summed E-state index contributed by atoms with van der Waals surface area (Å²) in [5.74, 6) is -0.371. The molecule has 0 atom stereocenters. The number of benzene rings is 2. The summed E-state index contributed by atoms with van der Waals surface area (Å²) in [5, 5.41) is 15.9. The monoisotopic (exact) mass is 385 g/mol. The quantitative estimate of drug-likeness (QED) is 0.568. The highest BCUT2D eigenvalue weighted by Gasteiger charge is 2.23. The average Bonchev–Trinajstić information content (AvgIpc) is 2.47. The zero-order valence-electron chi connectivity index (χ0n) is 13.0. The zero-order valence-corrected chi connectivity index (χ0v) is 14.7. The van der Waals surface area contributed by atoms with Crippen LogP contribution in [0.4, 0.5) is 11.4 Å². The molecule has 0 bridgehead atoms. The van der Waals surface area contributed by atoms with Crippen LogP contribution < -0.4 is 9.86 Å². The van der Waals surface area contributed by atoms with Crippen LogP contribution in [0, 0.1) is 17.0 Å². The molecule has 25 heavy (non-hydrogen) atoms. The van der Waals surface area contributed by atoms with E-state index in [1.54, 1.807) is 0 Å². The second kappa shape index (κ2) is 6.78. The predicted octanol–water partition coefficient (Wildman–Crippen LogP) is 1.49. The Morgan fingerprint density at radius 2 is 1.68 bits per heavy atom. The van der Waals surface area contributed by atoms with Crippen LogP contribution in [-0.2, 0) is 25.8 Å². The summed E-state index contributed by atoms with van der Waals surface area (Å²) >= 11 is 0. The molecule has 0 spiro atoms. The molecule has 0 aliphatic rings. The van der Waals surface area contributed by atoms with Crippen molar-refractivity contribution in [2.45, 2.75) is 17.6 Å². The number of hydrogen-bond donors (Lipinski definition) is 2. The summed E-state index contributed by atoms with van der Waals surface area (Å²) in [5.41, 5.74) is 0.304. The topological polar surface area (TPSA) is 149 Å². The van der Waals surface area contributed by atoms with Gasteiger partial charge >= 0.3 is 0 Å². The molecule has 134 valence electrons. The maximum atomic E-state index is 12.5. The number of primary sulfonamides is 1. The van der Waals surface area contributed by atoms with E-state index in [0.29, 0.717) is 5.56 Å². The lowest BCUT2D eigenvalue weighted by atomic mass is 10.2. The molecular formula is C14H15N3O6S2. The van der Waals surface area contributed by atoms with Crippen LogP contribution in [0.3, 0.4) is 0 Å². The molecule has 0 aromatic heterocycles. The SMILES string of the molecule is Cc1c([N+](=O)[O-])cccc1S(=O)(=O)Nc1ccc(CS(N)(=O)=O)cc1. The van der Waals surface area contributed by atoms with Gasteiger partial charge in [0.05, 0.1) is 15.6 Å². The van der Waals surface area contributed by atoms with E-state index in [1.165, 1.54) is 49.4 Å². The van der Waals surface area contributed by atoms with Gasteiger partial charge in [0, 0.05) is 17.3 Å². The van der Waals surface area contributed by atoms with Gasteiger partial charge in [0.1, 0.15) is 0 Å². The Morgan fingerprint density at radius 1 is 1.08 bits per heavy atom. The van der Waals surface area contributed by atoms with Crippen molar-refractivity contribution in [3.05, 3.63) is 63.7 Å². The molecule has 2 rings (SSSR count). The summed E-state index contributed by atoms with van der Waals surface area (Å²) in [6, 6.07) is 9.37. The number of sulfonamides is 2. The van der Waals surface area contributed by atoms with Crippen LogP contribution in [-0.4, -0.2) is 21.8 Å². The Bertz CT molecular complexity index is 1020. The zero-order chi connectivity index (χ0) is 18.8. The number of nitro groups is 1. The molecule has 2 aromatic rings. The molecule has 0 aliphatic heterocycles. The van der Waals surface area contributed by atoms with Crippen LogP contribution in [0.15, 0.2) is 47.4 Å². The van der Waals surface area contributed by atoms with Crippen molar-refractivity contribution in [3.8, 4) is 0 Å². The fourth-order valence-corrected chi connectivity index (χ4v) is 4.18. The van der Waals surface area contributed by atoms with Crippen molar-refractivity contribution in [1.82, 2.24) is 0 Å². The molecule has 0 saturated heterocycles. The van der Waals surface area contributed by atoms with Crippen LogP contribution in [0.5, 0.6) is 0 Å². The van der Waals surface area contributed by atoms with Crippen LogP contribution in [0.1, 0.15) is 11.1 Å². The Labute approximate surface area is 144 Å². The number of rotatable bonds is 6. The molecule has 0 aliphatic carbocycles. The molecule has 9 nitrogen and oxygen atoms in total. The minimum atomic E-state index is -4.05. The number of anilines is 1. The van der Waals surface area contributed by atoms with Gasteiger partial charge in [-0.25, -0.2) is 22.0 Å². The number of nitrogens with zero attached hydrogens (tertiary/aromatic N) is 1. The van der Waals surface area contributed by atoms with Gasteiger partial charge in [-0.2, -0.15) is 0 Å². The lowest BCUT2D eigenvalue weighted by Gasteiger charge is -2.11. The summed E-state index contributed by atoms with van der Waals surface area (Å²) in [6.07, 6.45) is 0. The second-order valence-corrected chi connectivity index (χ2v) is 8.53. The molecule has 3 N–H and O–H groups in total. The minimum Gasteiger partial charge on any atom is -0.280 e. The highest BCUT2D eigenvalue weighted by atomic mass is 32.2. The first-order valence-electron chi connectivity index (χ1n) is 6.86. The number of hydrogen-bond acceptors (Lipinski definition) is 6. The van der Waals surface area contributed by atoms with Gasteiger partial charge in [-0.15, -0.1) is 0 Å². The van der Waals surface area contributed by atoms with Gasteiger partial charge < -0.3 is 0 Å². The van der Waals surface area contributed by atoms with Crippen molar-refractivity contribution < 1.29 is 21.8 Å². The van der Waals surface area contributed by atoms with E-state index < -0.39 is 25.0 Å². The van der Waals surface area contributed by atoms with Gasteiger partial charge in [-0.3, -0.25) is 14.8 Å². The highest BCUT2D eigenvalue weighted by molar-refractivity contribution is 7.92. The molecule has 2 aromatic carbocycles. The van der Waals surface area contributed by atoms with Crippen LogP contribution in [0.2, 0.25) is 0 Å². The van der Waals surface area contributed by atoms with Crippen LogP contribution >= 0.6 is 0 Å². The van der Waals surface area contributed by atoms with E-state index in [-0.39, 0.29) is 27.6 Å². The Kier molecular flexibility index (Phi) is 5.11. The van der Waals surface area contributed by atoms with E-state index in [2.05, 4.69) is 4.72 Å². The molecular weight excluding hydrogens is 370 g/mol. The van der Waals surface area contributed by atoms with Crippen LogP contribution in [0.25, 0.3) is 0 Å². The summed E-state index contributed by atoms with van der Waals surface area (Å²) in [4.78, 5) is 10.1. The van der Waals surface area contributed by atoms with E-state index in [0.717, 1.165) is 0 Å². The first-order valence-corrected chi connectivity index (χ1v) is 10.1. The summed E-state index contributed by atoms with van der Waals surface area (Å²) < 4.78 is 49.3. The molecule has 0 unspecified atom stereocenters. The van der Waals surface area contributed by atoms with E-state index in [1.807, 2.05) is 0 Å². The molecule has 0 amide bonds. The number of nitrogens with one attached hydrogen (secondary N) is 1. The summed E-state index contributed by atoms with van der Waals surface area (Å²) in [7, 11) is -7.73. The maximum Gasteiger partial charge on any atom is 0.273 e. The van der Waals surface area contributed by atoms with Gasteiger partial charge in [-0.05, 0) is 30.7 Å². The van der Waals surface area contributed by atoms with E-state index in [4.69, 9.17) is 5.14 Å². The number of nitro benzene ring substituents is 1. The summed E-state index contributed by atoms with van der Waals surface area (Å²) in [6.45, 7) is 1.35. The maximum absolute atomic E-state index is 12.5. The van der Waals surface area contributed by atoms with Gasteiger partial charge in [0.2, 0.25) is 10.0 Å². The third kappa shape index (κ3) is 4.75. The van der Waals surface area contributed by atoms with Crippen molar-refractivity contribution in [2.75, 3.05) is 4.72 Å². The Morgan fingerprint density at radius 3 is 2.20 bits per heavy atom. The normalized spacial score (nSPS) is 11.9. The largest absolute Gasteiger partial charge is 0.280 e.